The Hall–Kier alpha value is -1.96. The Morgan fingerprint density at radius 3 is 2.97 bits per heavy atom. The highest BCUT2D eigenvalue weighted by molar-refractivity contribution is 7.16. The number of rotatable bonds is 7. The first-order valence-corrected chi connectivity index (χ1v) is 11.8. The number of hydrogen-bond donors (Lipinski definition) is 1. The smallest absolute Gasteiger partial charge is 0.124 e. The highest BCUT2D eigenvalue weighted by Gasteiger charge is 2.31. The zero-order valence-electron chi connectivity index (χ0n) is 18.5. The monoisotopic (exact) mass is 427 g/mol. The van der Waals surface area contributed by atoms with Gasteiger partial charge in [-0.15, -0.1) is 11.3 Å². The minimum atomic E-state index is 0.407. The number of nitrogens with zero attached hydrogens (tertiary/aromatic N) is 4. The van der Waals surface area contributed by atoms with Crippen molar-refractivity contribution in [3.63, 3.8) is 0 Å². The summed E-state index contributed by atoms with van der Waals surface area (Å²) in [6, 6.07) is 4.61. The van der Waals surface area contributed by atoms with Gasteiger partial charge in [-0.1, -0.05) is 20.8 Å². The van der Waals surface area contributed by atoms with Crippen LogP contribution in [0.2, 0.25) is 0 Å². The Bertz CT molecular complexity index is 986. The van der Waals surface area contributed by atoms with E-state index in [1.165, 1.54) is 17.1 Å². The Balaban J connectivity index is 1.78. The molecule has 0 saturated carbocycles. The van der Waals surface area contributed by atoms with Crippen LogP contribution in [0.4, 0.5) is 5.00 Å². The van der Waals surface area contributed by atoms with Crippen molar-refractivity contribution in [2.45, 2.75) is 45.6 Å². The third kappa shape index (κ3) is 4.24. The van der Waals surface area contributed by atoms with Crippen LogP contribution in [-0.4, -0.2) is 65.7 Å². The standard InChI is InChI=1S/C23H33N5OS/c1-5-10-27-11-12-28(15-18(27)8-13-29-4)21-19-17(7-6-9-24-19)14-25-23-20(21)26-22(30-23)16(2)3/h6-7,9,14,16,18,25H,5,8,10-13,15H2,1-4H3. The van der Waals surface area contributed by atoms with Crippen LogP contribution >= 0.6 is 11.3 Å². The van der Waals surface area contributed by atoms with Crippen molar-refractivity contribution in [1.29, 1.82) is 0 Å². The lowest BCUT2D eigenvalue weighted by Crippen LogP contribution is -2.54. The Morgan fingerprint density at radius 1 is 1.33 bits per heavy atom. The molecule has 0 aromatic carbocycles. The second-order valence-electron chi connectivity index (χ2n) is 8.38. The second-order valence-corrected chi connectivity index (χ2v) is 9.41. The summed E-state index contributed by atoms with van der Waals surface area (Å²) in [5, 5.41) is 7.95. The molecule has 0 aliphatic carbocycles. The first-order valence-electron chi connectivity index (χ1n) is 11.0. The van der Waals surface area contributed by atoms with Gasteiger partial charge in [0.1, 0.15) is 10.7 Å². The SMILES string of the molecule is CCCN1CCN(C2=c3ncccc3=CNc3sc(C(C)C)nc32)CC1CCOC. The van der Waals surface area contributed by atoms with E-state index < -0.39 is 0 Å². The number of hydrogen-bond acceptors (Lipinski definition) is 7. The van der Waals surface area contributed by atoms with Crippen LogP contribution in [0.25, 0.3) is 11.9 Å². The number of nitrogens with one attached hydrogen (secondary N) is 1. The number of ether oxygens (including phenoxy) is 1. The van der Waals surface area contributed by atoms with E-state index in [4.69, 9.17) is 14.7 Å². The van der Waals surface area contributed by atoms with Gasteiger partial charge < -0.3 is 15.0 Å². The molecule has 30 heavy (non-hydrogen) atoms. The summed E-state index contributed by atoms with van der Waals surface area (Å²) < 4.78 is 5.42. The fourth-order valence-corrected chi connectivity index (χ4v) is 5.27. The maximum atomic E-state index is 5.42. The lowest BCUT2D eigenvalue weighted by Gasteiger charge is -2.43. The fourth-order valence-electron chi connectivity index (χ4n) is 4.33. The van der Waals surface area contributed by atoms with Crippen LogP contribution in [0, 0.1) is 0 Å². The highest BCUT2D eigenvalue weighted by Crippen LogP contribution is 2.35. The molecule has 0 bridgehead atoms. The molecular formula is C23H33N5OS. The minimum Gasteiger partial charge on any atom is -0.385 e. The summed E-state index contributed by atoms with van der Waals surface area (Å²) in [5.41, 5.74) is 2.22. The molecule has 162 valence electrons. The van der Waals surface area contributed by atoms with Crippen molar-refractivity contribution < 1.29 is 4.74 Å². The van der Waals surface area contributed by atoms with E-state index in [0.29, 0.717) is 12.0 Å². The lowest BCUT2D eigenvalue weighted by molar-refractivity contribution is 0.0765. The summed E-state index contributed by atoms with van der Waals surface area (Å²) in [7, 11) is 1.79. The molecule has 0 radical (unpaired) electrons. The summed E-state index contributed by atoms with van der Waals surface area (Å²) in [6.07, 6.45) is 6.19. The molecule has 6 nitrogen and oxygen atoms in total. The predicted molar refractivity (Wildman–Crippen MR) is 124 cm³/mol. The minimum absolute atomic E-state index is 0.407. The molecule has 2 aliphatic rings. The van der Waals surface area contributed by atoms with Gasteiger partial charge in [0.05, 0.1) is 16.1 Å². The highest BCUT2D eigenvalue weighted by atomic mass is 32.1. The van der Waals surface area contributed by atoms with Crippen molar-refractivity contribution in [2.24, 2.45) is 0 Å². The van der Waals surface area contributed by atoms with Crippen LogP contribution in [0.5, 0.6) is 0 Å². The molecule has 4 rings (SSSR count). The quantitative estimate of drug-likeness (QED) is 0.732. The molecule has 0 spiro atoms. The summed E-state index contributed by atoms with van der Waals surface area (Å²) in [6.45, 7) is 11.6. The molecule has 2 aromatic rings. The van der Waals surface area contributed by atoms with E-state index >= 15 is 0 Å². The molecule has 4 heterocycles. The van der Waals surface area contributed by atoms with Gasteiger partial charge in [-0.3, -0.25) is 9.88 Å². The van der Waals surface area contributed by atoms with Gasteiger partial charge in [0, 0.05) is 62.9 Å². The first-order chi connectivity index (χ1) is 14.6. The van der Waals surface area contributed by atoms with Crippen molar-refractivity contribution in [2.75, 3.05) is 45.2 Å². The molecule has 0 amide bonds. The maximum absolute atomic E-state index is 5.42. The molecule has 1 N–H and O–H groups in total. The van der Waals surface area contributed by atoms with E-state index in [2.05, 4.69) is 48.2 Å². The van der Waals surface area contributed by atoms with Crippen LogP contribution in [-0.2, 0) is 4.74 Å². The van der Waals surface area contributed by atoms with Crippen molar-refractivity contribution in [3.05, 3.63) is 39.6 Å². The predicted octanol–water partition coefficient (Wildman–Crippen LogP) is 2.41. The molecule has 1 atom stereocenters. The lowest BCUT2D eigenvalue weighted by atomic mass is 10.1. The largest absolute Gasteiger partial charge is 0.385 e. The first kappa shape index (κ1) is 21.3. The second kappa shape index (κ2) is 9.45. The van der Waals surface area contributed by atoms with Crippen molar-refractivity contribution >= 4 is 28.2 Å². The number of aromatic nitrogens is 2. The van der Waals surface area contributed by atoms with Gasteiger partial charge >= 0.3 is 0 Å². The van der Waals surface area contributed by atoms with Gasteiger partial charge in [-0.2, -0.15) is 0 Å². The van der Waals surface area contributed by atoms with E-state index in [0.717, 1.165) is 60.5 Å². The van der Waals surface area contributed by atoms with Crippen LogP contribution in [0.15, 0.2) is 18.3 Å². The normalized spacial score (nSPS) is 19.2. The number of pyridine rings is 1. The number of thiazole rings is 1. The molecule has 2 aromatic heterocycles. The third-order valence-electron chi connectivity index (χ3n) is 5.87. The molecule has 1 unspecified atom stereocenters. The molecule has 1 fully saturated rings. The molecule has 2 aliphatic heterocycles. The average Bonchev–Trinajstić information content (AvgIpc) is 3.11. The van der Waals surface area contributed by atoms with Gasteiger partial charge in [0.2, 0.25) is 0 Å². The number of piperazine rings is 1. The van der Waals surface area contributed by atoms with E-state index in [9.17, 15) is 0 Å². The zero-order valence-corrected chi connectivity index (χ0v) is 19.3. The number of anilines is 1. The molecule has 7 heteroatoms. The third-order valence-corrected chi connectivity index (χ3v) is 7.16. The molecular weight excluding hydrogens is 394 g/mol. The van der Waals surface area contributed by atoms with E-state index in [1.807, 2.05) is 12.3 Å². The fraction of sp³-hybridized carbons (Fsp3) is 0.565. The maximum Gasteiger partial charge on any atom is 0.124 e. The van der Waals surface area contributed by atoms with Gasteiger partial charge in [0.25, 0.3) is 0 Å². The van der Waals surface area contributed by atoms with Crippen molar-refractivity contribution in [1.82, 2.24) is 19.8 Å². The van der Waals surface area contributed by atoms with Crippen LogP contribution in [0.3, 0.4) is 0 Å². The van der Waals surface area contributed by atoms with Gasteiger partial charge in [0.15, 0.2) is 0 Å². The van der Waals surface area contributed by atoms with Gasteiger partial charge in [-0.05, 0) is 31.5 Å². The Morgan fingerprint density at radius 2 is 2.20 bits per heavy atom. The summed E-state index contributed by atoms with van der Waals surface area (Å²) in [5.74, 6) is 0.407. The van der Waals surface area contributed by atoms with Crippen molar-refractivity contribution in [3.8, 4) is 0 Å². The topological polar surface area (TPSA) is 53.5 Å². The van der Waals surface area contributed by atoms with E-state index in [-0.39, 0.29) is 0 Å². The number of methoxy groups -OCH3 is 1. The Kier molecular flexibility index (Phi) is 6.71. The summed E-state index contributed by atoms with van der Waals surface area (Å²) >= 11 is 1.76. The Labute approximate surface area is 183 Å². The number of fused-ring (bicyclic) bond motifs is 2. The van der Waals surface area contributed by atoms with E-state index in [1.54, 1.807) is 18.4 Å². The van der Waals surface area contributed by atoms with Crippen LogP contribution in [0.1, 0.15) is 50.2 Å². The summed E-state index contributed by atoms with van der Waals surface area (Å²) in [4.78, 5) is 15.0. The molecule has 1 saturated heterocycles. The van der Waals surface area contributed by atoms with Crippen LogP contribution < -0.4 is 15.9 Å². The zero-order chi connectivity index (χ0) is 21.1. The average molecular weight is 428 g/mol. The van der Waals surface area contributed by atoms with Gasteiger partial charge in [-0.25, -0.2) is 4.98 Å².